The first-order chi connectivity index (χ1) is 9.10. The lowest BCUT2D eigenvalue weighted by Gasteiger charge is -2.04. The second kappa shape index (κ2) is 5.77. The first-order valence-corrected chi connectivity index (χ1v) is 6.27. The van der Waals surface area contributed by atoms with Crippen molar-refractivity contribution in [1.29, 1.82) is 0 Å². The highest BCUT2D eigenvalue weighted by Crippen LogP contribution is 2.29. The van der Waals surface area contributed by atoms with E-state index < -0.39 is 4.92 Å². The molecule has 98 valence electrons. The average Bonchev–Trinajstić information content (AvgIpc) is 2.38. The lowest BCUT2D eigenvalue weighted by atomic mass is 10.2. The van der Waals surface area contributed by atoms with Gasteiger partial charge in [-0.1, -0.05) is 0 Å². The van der Waals surface area contributed by atoms with E-state index in [9.17, 15) is 10.1 Å². The van der Waals surface area contributed by atoms with Gasteiger partial charge >= 0.3 is 0 Å². The van der Waals surface area contributed by atoms with Crippen LogP contribution in [0, 0.1) is 17.0 Å². The summed E-state index contributed by atoms with van der Waals surface area (Å²) in [6, 6.07) is 6.37. The Morgan fingerprint density at radius 3 is 2.84 bits per heavy atom. The van der Waals surface area contributed by atoms with Crippen LogP contribution in [0.25, 0.3) is 0 Å². The summed E-state index contributed by atoms with van der Waals surface area (Å²) in [4.78, 5) is 19.3. The molecule has 0 saturated carbocycles. The molecular weight excluding hydrogens is 266 g/mol. The number of aromatic nitrogens is 2. The van der Waals surface area contributed by atoms with Gasteiger partial charge in [-0.2, -0.15) is 0 Å². The standard InChI is InChI=1S/C12H11N3O3S/c1-8-4-5-13-12(14-8)19-10-2-3-11(15(17)18)9(6-10)7-16/h2-6,16H,7H2,1H3. The first kappa shape index (κ1) is 13.4. The van der Waals surface area contributed by atoms with E-state index in [1.807, 2.05) is 6.92 Å². The smallest absolute Gasteiger partial charge is 0.274 e. The minimum absolute atomic E-state index is 0.0861. The zero-order valence-corrected chi connectivity index (χ0v) is 10.9. The molecule has 19 heavy (non-hydrogen) atoms. The number of nitrogens with zero attached hydrogens (tertiary/aromatic N) is 3. The minimum atomic E-state index is -0.511. The van der Waals surface area contributed by atoms with Gasteiger partial charge in [0.15, 0.2) is 5.16 Å². The van der Waals surface area contributed by atoms with Gasteiger partial charge in [0.05, 0.1) is 17.1 Å². The van der Waals surface area contributed by atoms with Crippen LogP contribution in [0.3, 0.4) is 0 Å². The van der Waals surface area contributed by atoms with Crippen molar-refractivity contribution in [3.8, 4) is 0 Å². The molecule has 0 amide bonds. The van der Waals surface area contributed by atoms with Crippen LogP contribution in [0.15, 0.2) is 40.5 Å². The molecule has 1 N–H and O–H groups in total. The largest absolute Gasteiger partial charge is 0.391 e. The van der Waals surface area contributed by atoms with Crippen LogP contribution in [-0.2, 0) is 6.61 Å². The molecule has 0 aliphatic carbocycles. The SMILES string of the molecule is Cc1ccnc(Sc2ccc([N+](=O)[O-])c(CO)c2)n1. The second-order valence-corrected chi connectivity index (χ2v) is 4.83. The predicted octanol–water partition coefficient (Wildman–Crippen LogP) is 2.34. The van der Waals surface area contributed by atoms with E-state index in [-0.39, 0.29) is 17.9 Å². The van der Waals surface area contributed by atoms with Crippen molar-refractivity contribution in [2.24, 2.45) is 0 Å². The Labute approximate surface area is 113 Å². The number of nitro groups is 1. The maximum absolute atomic E-state index is 10.8. The molecule has 0 fully saturated rings. The highest BCUT2D eigenvalue weighted by Gasteiger charge is 2.14. The van der Waals surface area contributed by atoms with Crippen molar-refractivity contribution in [1.82, 2.24) is 9.97 Å². The van der Waals surface area contributed by atoms with Crippen LogP contribution in [-0.4, -0.2) is 20.0 Å². The van der Waals surface area contributed by atoms with Crippen LogP contribution in [0.5, 0.6) is 0 Å². The van der Waals surface area contributed by atoms with E-state index in [2.05, 4.69) is 9.97 Å². The maximum Gasteiger partial charge on any atom is 0.274 e. The molecule has 2 rings (SSSR count). The quantitative estimate of drug-likeness (QED) is 0.524. The highest BCUT2D eigenvalue weighted by molar-refractivity contribution is 7.99. The molecule has 0 aliphatic rings. The first-order valence-electron chi connectivity index (χ1n) is 5.46. The van der Waals surface area contributed by atoms with Crippen molar-refractivity contribution >= 4 is 17.4 Å². The normalized spacial score (nSPS) is 10.4. The van der Waals surface area contributed by atoms with Crippen molar-refractivity contribution < 1.29 is 10.0 Å². The highest BCUT2D eigenvalue weighted by atomic mass is 32.2. The molecule has 0 saturated heterocycles. The Hall–Kier alpha value is -1.99. The molecule has 2 aromatic rings. The number of hydrogen-bond donors (Lipinski definition) is 1. The van der Waals surface area contributed by atoms with Crippen molar-refractivity contribution in [2.45, 2.75) is 23.6 Å². The number of benzene rings is 1. The van der Waals surface area contributed by atoms with E-state index in [1.165, 1.54) is 17.8 Å². The molecule has 0 aliphatic heterocycles. The van der Waals surface area contributed by atoms with Gasteiger partial charge < -0.3 is 5.11 Å². The Balaban J connectivity index is 2.29. The van der Waals surface area contributed by atoms with Gasteiger partial charge in [0.25, 0.3) is 5.69 Å². The van der Waals surface area contributed by atoms with E-state index >= 15 is 0 Å². The fraction of sp³-hybridized carbons (Fsp3) is 0.167. The molecule has 0 atom stereocenters. The zero-order valence-electron chi connectivity index (χ0n) is 10.1. The Kier molecular flexibility index (Phi) is 4.08. The number of rotatable bonds is 4. The number of aliphatic hydroxyl groups excluding tert-OH is 1. The minimum Gasteiger partial charge on any atom is -0.391 e. The van der Waals surface area contributed by atoms with E-state index in [4.69, 9.17) is 5.11 Å². The van der Waals surface area contributed by atoms with Gasteiger partial charge in [-0.25, -0.2) is 9.97 Å². The molecule has 1 heterocycles. The Morgan fingerprint density at radius 2 is 2.21 bits per heavy atom. The van der Waals surface area contributed by atoms with Gasteiger partial charge in [-0.3, -0.25) is 10.1 Å². The fourth-order valence-corrected chi connectivity index (χ4v) is 2.36. The van der Waals surface area contributed by atoms with E-state index in [1.54, 1.807) is 24.4 Å². The van der Waals surface area contributed by atoms with Crippen LogP contribution < -0.4 is 0 Å². The fourth-order valence-electron chi connectivity index (χ4n) is 1.51. The Morgan fingerprint density at radius 1 is 1.42 bits per heavy atom. The molecule has 6 nitrogen and oxygen atoms in total. The van der Waals surface area contributed by atoms with Crippen LogP contribution >= 0.6 is 11.8 Å². The summed E-state index contributed by atoms with van der Waals surface area (Å²) >= 11 is 1.30. The molecular formula is C12H11N3O3S. The van der Waals surface area contributed by atoms with Gasteiger partial charge in [-0.15, -0.1) is 0 Å². The van der Waals surface area contributed by atoms with Gasteiger partial charge in [0.2, 0.25) is 0 Å². The maximum atomic E-state index is 10.8. The van der Waals surface area contributed by atoms with Crippen LogP contribution in [0.1, 0.15) is 11.3 Å². The third-order valence-corrected chi connectivity index (χ3v) is 3.27. The van der Waals surface area contributed by atoms with Crippen molar-refractivity contribution in [3.05, 3.63) is 51.8 Å². The third-order valence-electron chi connectivity index (χ3n) is 2.40. The molecule has 0 unspecified atom stereocenters. The summed E-state index contributed by atoms with van der Waals surface area (Å²) in [5.41, 5.74) is 1.04. The summed E-state index contributed by atoms with van der Waals surface area (Å²) in [5, 5.41) is 20.5. The summed E-state index contributed by atoms with van der Waals surface area (Å²) in [5.74, 6) is 0. The topological polar surface area (TPSA) is 89.2 Å². The average molecular weight is 277 g/mol. The third kappa shape index (κ3) is 3.27. The summed E-state index contributed by atoms with van der Waals surface area (Å²) in [7, 11) is 0. The molecule has 0 bridgehead atoms. The number of aliphatic hydroxyl groups is 1. The molecule has 1 aromatic carbocycles. The van der Waals surface area contributed by atoms with E-state index in [0.717, 1.165) is 10.6 Å². The summed E-state index contributed by atoms with van der Waals surface area (Å²) in [6.07, 6.45) is 1.66. The van der Waals surface area contributed by atoms with Gasteiger partial charge in [0.1, 0.15) is 0 Å². The van der Waals surface area contributed by atoms with Crippen molar-refractivity contribution in [3.63, 3.8) is 0 Å². The predicted molar refractivity (Wildman–Crippen MR) is 69.9 cm³/mol. The molecule has 7 heteroatoms. The molecule has 0 radical (unpaired) electrons. The number of aryl methyl sites for hydroxylation is 1. The molecule has 0 spiro atoms. The number of hydrogen-bond acceptors (Lipinski definition) is 6. The molecule has 1 aromatic heterocycles. The van der Waals surface area contributed by atoms with Gasteiger partial charge in [-0.05, 0) is 36.9 Å². The monoisotopic (exact) mass is 277 g/mol. The van der Waals surface area contributed by atoms with Crippen LogP contribution in [0.4, 0.5) is 5.69 Å². The lowest BCUT2D eigenvalue weighted by molar-refractivity contribution is -0.385. The van der Waals surface area contributed by atoms with Gasteiger partial charge in [0, 0.05) is 22.9 Å². The summed E-state index contributed by atoms with van der Waals surface area (Å²) in [6.45, 7) is 1.49. The Bertz CT molecular complexity index is 619. The number of nitro benzene ring substituents is 1. The van der Waals surface area contributed by atoms with Crippen LogP contribution in [0.2, 0.25) is 0 Å². The van der Waals surface area contributed by atoms with E-state index in [0.29, 0.717) is 5.16 Å². The van der Waals surface area contributed by atoms with Crippen molar-refractivity contribution in [2.75, 3.05) is 0 Å². The lowest BCUT2D eigenvalue weighted by Crippen LogP contribution is -1.96. The summed E-state index contributed by atoms with van der Waals surface area (Å²) < 4.78 is 0. The second-order valence-electron chi connectivity index (χ2n) is 3.79. The zero-order chi connectivity index (χ0) is 13.8.